The Hall–Kier alpha value is -2.20. The highest BCUT2D eigenvalue weighted by atomic mass is 16.5. The summed E-state index contributed by atoms with van der Waals surface area (Å²) >= 11 is 0. The number of pyridine rings is 1. The average Bonchev–Trinajstić information content (AvgIpc) is 2.53. The van der Waals surface area contributed by atoms with Gasteiger partial charge in [-0.15, -0.1) is 0 Å². The van der Waals surface area contributed by atoms with E-state index in [9.17, 15) is 4.79 Å². The Morgan fingerprint density at radius 2 is 2.05 bits per heavy atom. The molecule has 2 rings (SSSR count). The number of rotatable bonds is 6. The Bertz CT molecular complexity index is 529. The van der Waals surface area contributed by atoms with Crippen LogP contribution in [0.1, 0.15) is 17.2 Å². The van der Waals surface area contributed by atoms with Crippen molar-refractivity contribution in [3.63, 3.8) is 0 Å². The molecule has 0 aliphatic rings. The summed E-state index contributed by atoms with van der Waals surface area (Å²) in [6.07, 6.45) is 4.39. The fourth-order valence-electron chi connectivity index (χ4n) is 2.01. The molecule has 20 heavy (non-hydrogen) atoms. The summed E-state index contributed by atoms with van der Waals surface area (Å²) in [5, 5.41) is 3.23. The average molecular weight is 270 g/mol. The van der Waals surface area contributed by atoms with E-state index in [1.54, 1.807) is 6.20 Å². The van der Waals surface area contributed by atoms with Crippen LogP contribution in [0, 0.1) is 0 Å². The van der Waals surface area contributed by atoms with E-state index in [1.807, 2.05) is 48.7 Å². The van der Waals surface area contributed by atoms with E-state index < -0.39 is 6.04 Å². The monoisotopic (exact) mass is 270 g/mol. The number of hydrogen-bond acceptors (Lipinski definition) is 4. The maximum absolute atomic E-state index is 11.9. The zero-order valence-electron chi connectivity index (χ0n) is 11.5. The Morgan fingerprint density at radius 1 is 1.25 bits per heavy atom. The van der Waals surface area contributed by atoms with Crippen molar-refractivity contribution in [2.45, 2.75) is 12.5 Å². The first-order valence-electron chi connectivity index (χ1n) is 6.56. The van der Waals surface area contributed by atoms with E-state index in [0.29, 0.717) is 6.54 Å². The number of benzene rings is 1. The smallest absolute Gasteiger partial charge is 0.327 e. The third kappa shape index (κ3) is 3.90. The first kappa shape index (κ1) is 14.2. The highest BCUT2D eigenvalue weighted by Gasteiger charge is 2.19. The molecule has 1 aromatic heterocycles. The van der Waals surface area contributed by atoms with E-state index in [0.717, 1.165) is 17.5 Å². The number of ether oxygens (including phenoxy) is 1. The molecule has 4 heteroatoms. The minimum Gasteiger partial charge on any atom is -0.468 e. The van der Waals surface area contributed by atoms with Crippen LogP contribution in [-0.4, -0.2) is 24.6 Å². The number of esters is 1. The molecule has 104 valence electrons. The summed E-state index contributed by atoms with van der Waals surface area (Å²) in [4.78, 5) is 15.9. The lowest BCUT2D eigenvalue weighted by Crippen LogP contribution is -2.31. The first-order valence-corrected chi connectivity index (χ1v) is 6.56. The number of aromatic nitrogens is 1. The molecule has 1 aromatic carbocycles. The van der Waals surface area contributed by atoms with Crippen LogP contribution in [0.3, 0.4) is 0 Å². The Kier molecular flexibility index (Phi) is 5.26. The standard InChI is InChI=1S/C16H18N2O2/c1-20-16(19)15(14-7-3-2-4-8-14)18-11-9-13-6-5-10-17-12-13/h2-8,10,12,15,18H,9,11H2,1H3. The van der Waals surface area contributed by atoms with Gasteiger partial charge in [-0.2, -0.15) is 0 Å². The molecular formula is C16H18N2O2. The Morgan fingerprint density at radius 3 is 2.70 bits per heavy atom. The highest BCUT2D eigenvalue weighted by molar-refractivity contribution is 5.77. The number of hydrogen-bond donors (Lipinski definition) is 1. The van der Waals surface area contributed by atoms with Gasteiger partial charge in [0.25, 0.3) is 0 Å². The van der Waals surface area contributed by atoms with Gasteiger partial charge in [0, 0.05) is 18.9 Å². The van der Waals surface area contributed by atoms with E-state index in [4.69, 9.17) is 4.74 Å². The van der Waals surface area contributed by atoms with Crippen LogP contribution >= 0.6 is 0 Å². The van der Waals surface area contributed by atoms with Gasteiger partial charge in [0.15, 0.2) is 0 Å². The van der Waals surface area contributed by atoms with Crippen molar-refractivity contribution in [3.8, 4) is 0 Å². The molecule has 0 aliphatic carbocycles. The molecule has 4 nitrogen and oxygen atoms in total. The van der Waals surface area contributed by atoms with Crippen molar-refractivity contribution in [3.05, 3.63) is 66.0 Å². The summed E-state index contributed by atoms with van der Waals surface area (Å²) in [5.74, 6) is -0.276. The molecule has 0 saturated heterocycles. The minimum absolute atomic E-state index is 0.276. The third-order valence-corrected chi connectivity index (χ3v) is 3.05. The molecule has 0 spiro atoms. The zero-order chi connectivity index (χ0) is 14.2. The van der Waals surface area contributed by atoms with Crippen molar-refractivity contribution >= 4 is 5.97 Å². The van der Waals surface area contributed by atoms with Crippen LogP contribution in [0.5, 0.6) is 0 Å². The number of carbonyl (C=O) groups is 1. The number of nitrogens with one attached hydrogen (secondary N) is 1. The topological polar surface area (TPSA) is 51.2 Å². The lowest BCUT2D eigenvalue weighted by Gasteiger charge is -2.16. The fourth-order valence-corrected chi connectivity index (χ4v) is 2.01. The second-order valence-electron chi connectivity index (χ2n) is 4.43. The van der Waals surface area contributed by atoms with Crippen LogP contribution in [0.15, 0.2) is 54.9 Å². The van der Waals surface area contributed by atoms with Crippen LogP contribution in [0.4, 0.5) is 0 Å². The molecule has 2 aromatic rings. The highest BCUT2D eigenvalue weighted by Crippen LogP contribution is 2.14. The van der Waals surface area contributed by atoms with Crippen LogP contribution in [0.25, 0.3) is 0 Å². The van der Waals surface area contributed by atoms with E-state index in [2.05, 4.69) is 10.3 Å². The number of carbonyl (C=O) groups excluding carboxylic acids is 1. The maximum atomic E-state index is 11.9. The van der Waals surface area contributed by atoms with Gasteiger partial charge in [-0.3, -0.25) is 4.98 Å². The van der Waals surface area contributed by atoms with Gasteiger partial charge in [0.1, 0.15) is 6.04 Å². The molecule has 0 radical (unpaired) electrons. The lowest BCUT2D eigenvalue weighted by atomic mass is 10.1. The third-order valence-electron chi connectivity index (χ3n) is 3.05. The van der Waals surface area contributed by atoms with Crippen LogP contribution in [0.2, 0.25) is 0 Å². The maximum Gasteiger partial charge on any atom is 0.327 e. The number of methoxy groups -OCH3 is 1. The van der Waals surface area contributed by atoms with Crippen molar-refractivity contribution in [1.82, 2.24) is 10.3 Å². The fraction of sp³-hybridized carbons (Fsp3) is 0.250. The minimum atomic E-state index is -0.433. The van der Waals surface area contributed by atoms with Gasteiger partial charge in [-0.1, -0.05) is 36.4 Å². The second kappa shape index (κ2) is 7.40. The summed E-state index contributed by atoms with van der Waals surface area (Å²) < 4.78 is 4.86. The van der Waals surface area contributed by atoms with Gasteiger partial charge in [0.2, 0.25) is 0 Å². The van der Waals surface area contributed by atoms with E-state index in [-0.39, 0.29) is 5.97 Å². The van der Waals surface area contributed by atoms with E-state index >= 15 is 0 Å². The van der Waals surface area contributed by atoms with Crippen LogP contribution < -0.4 is 5.32 Å². The zero-order valence-corrected chi connectivity index (χ0v) is 11.5. The Labute approximate surface area is 118 Å². The molecule has 1 atom stereocenters. The Balaban J connectivity index is 1.97. The van der Waals surface area contributed by atoms with Gasteiger partial charge in [0.05, 0.1) is 7.11 Å². The van der Waals surface area contributed by atoms with Crippen molar-refractivity contribution < 1.29 is 9.53 Å². The summed E-state index contributed by atoms with van der Waals surface area (Å²) in [5.41, 5.74) is 2.04. The molecule has 0 fully saturated rings. The molecule has 1 heterocycles. The molecular weight excluding hydrogens is 252 g/mol. The SMILES string of the molecule is COC(=O)C(NCCc1cccnc1)c1ccccc1. The molecule has 0 bridgehead atoms. The largest absolute Gasteiger partial charge is 0.468 e. The normalized spacial score (nSPS) is 11.8. The van der Waals surface area contributed by atoms with Crippen molar-refractivity contribution in [2.75, 3.05) is 13.7 Å². The number of nitrogens with zero attached hydrogens (tertiary/aromatic N) is 1. The molecule has 0 aliphatic heterocycles. The molecule has 1 unspecified atom stereocenters. The first-order chi connectivity index (χ1) is 9.81. The predicted molar refractivity (Wildman–Crippen MR) is 77.1 cm³/mol. The second-order valence-corrected chi connectivity index (χ2v) is 4.43. The molecule has 0 saturated carbocycles. The van der Waals surface area contributed by atoms with E-state index in [1.165, 1.54) is 7.11 Å². The summed E-state index contributed by atoms with van der Waals surface area (Å²) in [6.45, 7) is 0.681. The molecule has 1 N–H and O–H groups in total. The summed E-state index contributed by atoms with van der Waals surface area (Å²) in [6, 6.07) is 13.1. The van der Waals surface area contributed by atoms with Gasteiger partial charge < -0.3 is 10.1 Å². The summed E-state index contributed by atoms with van der Waals surface area (Å²) in [7, 11) is 1.40. The van der Waals surface area contributed by atoms with Crippen LogP contribution in [-0.2, 0) is 16.0 Å². The molecule has 0 amide bonds. The lowest BCUT2D eigenvalue weighted by molar-refractivity contribution is -0.143. The quantitative estimate of drug-likeness (QED) is 0.817. The van der Waals surface area contributed by atoms with Crippen molar-refractivity contribution in [2.24, 2.45) is 0 Å². The predicted octanol–water partition coefficient (Wildman–Crippen LogP) is 2.13. The van der Waals surface area contributed by atoms with Gasteiger partial charge in [-0.25, -0.2) is 4.79 Å². The van der Waals surface area contributed by atoms with Gasteiger partial charge in [-0.05, 0) is 23.6 Å². The van der Waals surface area contributed by atoms with Crippen molar-refractivity contribution in [1.29, 1.82) is 0 Å². The van der Waals surface area contributed by atoms with Gasteiger partial charge >= 0.3 is 5.97 Å².